The zero-order valence-corrected chi connectivity index (χ0v) is 17.7. The summed E-state index contributed by atoms with van der Waals surface area (Å²) in [6.45, 7) is 3.01. The lowest BCUT2D eigenvalue weighted by Gasteiger charge is -2.26. The number of carbonyl (C=O) groups is 2. The highest BCUT2D eigenvalue weighted by molar-refractivity contribution is 7.99. The normalized spacial score (nSPS) is 14.4. The third-order valence-electron chi connectivity index (χ3n) is 4.45. The van der Waals surface area contributed by atoms with Gasteiger partial charge in [0.15, 0.2) is 0 Å². The molecule has 3 rings (SSSR count). The van der Waals surface area contributed by atoms with E-state index in [4.69, 9.17) is 0 Å². The minimum absolute atomic E-state index is 0.0108. The first-order valence-corrected chi connectivity index (χ1v) is 11.8. The summed E-state index contributed by atoms with van der Waals surface area (Å²) in [5.74, 6) is 1.70. The monoisotopic (exact) mass is 433 g/mol. The topological polar surface area (TPSA) is 95.6 Å². The number of hydrogen-bond acceptors (Lipinski definition) is 5. The van der Waals surface area contributed by atoms with Crippen LogP contribution in [0.5, 0.6) is 0 Å². The van der Waals surface area contributed by atoms with Crippen molar-refractivity contribution in [2.24, 2.45) is 0 Å². The molecule has 1 aliphatic rings. The van der Waals surface area contributed by atoms with Gasteiger partial charge in [0.2, 0.25) is 15.9 Å². The summed E-state index contributed by atoms with van der Waals surface area (Å²) in [4.78, 5) is 25.5. The van der Waals surface area contributed by atoms with Crippen molar-refractivity contribution in [2.45, 2.75) is 18.4 Å². The Morgan fingerprint density at radius 3 is 2.21 bits per heavy atom. The standard InChI is InChI=1S/C20H23N3O4S2/c1-15(24)22-18-6-8-19(9-7-18)29(26,27)21-14-16-2-4-17(5-3-16)20(25)23-10-12-28-13-11-23/h2-9,21H,10-14H2,1H3,(H,22,24). The van der Waals surface area contributed by atoms with Crippen LogP contribution in [0, 0.1) is 0 Å². The molecule has 9 heteroatoms. The molecule has 7 nitrogen and oxygen atoms in total. The van der Waals surface area contributed by atoms with E-state index in [9.17, 15) is 18.0 Å². The number of nitrogens with one attached hydrogen (secondary N) is 2. The second-order valence-corrected chi connectivity index (χ2v) is 9.62. The molecule has 154 valence electrons. The smallest absolute Gasteiger partial charge is 0.253 e. The maximum absolute atomic E-state index is 12.5. The Balaban J connectivity index is 1.60. The predicted molar refractivity (Wildman–Crippen MR) is 114 cm³/mol. The van der Waals surface area contributed by atoms with Gasteiger partial charge in [0.1, 0.15) is 0 Å². The number of hydrogen-bond donors (Lipinski definition) is 2. The summed E-state index contributed by atoms with van der Waals surface area (Å²) in [5.41, 5.74) is 1.90. The molecule has 1 aliphatic heterocycles. The van der Waals surface area contributed by atoms with Gasteiger partial charge in [-0.15, -0.1) is 0 Å². The molecular weight excluding hydrogens is 410 g/mol. The van der Waals surface area contributed by atoms with Crippen molar-refractivity contribution in [3.63, 3.8) is 0 Å². The number of sulfonamides is 1. The van der Waals surface area contributed by atoms with Gasteiger partial charge in [-0.1, -0.05) is 12.1 Å². The molecule has 0 radical (unpaired) electrons. The Labute approximate surface area is 174 Å². The van der Waals surface area contributed by atoms with Gasteiger partial charge in [-0.25, -0.2) is 13.1 Å². The van der Waals surface area contributed by atoms with Gasteiger partial charge in [-0.2, -0.15) is 11.8 Å². The van der Waals surface area contributed by atoms with Crippen LogP contribution in [0.1, 0.15) is 22.8 Å². The molecule has 0 aromatic heterocycles. The van der Waals surface area contributed by atoms with Crippen LogP contribution in [0.3, 0.4) is 0 Å². The van der Waals surface area contributed by atoms with Gasteiger partial charge in [-0.05, 0) is 42.0 Å². The minimum Gasteiger partial charge on any atom is -0.337 e. The second-order valence-electron chi connectivity index (χ2n) is 6.63. The molecule has 0 spiro atoms. The Bertz CT molecular complexity index is 968. The highest BCUT2D eigenvalue weighted by atomic mass is 32.2. The van der Waals surface area contributed by atoms with E-state index in [1.807, 2.05) is 16.7 Å². The Kier molecular flexibility index (Phi) is 6.94. The quantitative estimate of drug-likeness (QED) is 0.729. The van der Waals surface area contributed by atoms with Crippen LogP contribution in [-0.2, 0) is 21.4 Å². The van der Waals surface area contributed by atoms with Crippen molar-refractivity contribution >= 4 is 39.3 Å². The van der Waals surface area contributed by atoms with Gasteiger partial charge in [0.25, 0.3) is 5.91 Å². The molecule has 2 aromatic rings. The first-order valence-electron chi connectivity index (χ1n) is 9.18. The molecule has 2 N–H and O–H groups in total. The van der Waals surface area contributed by atoms with Gasteiger partial charge >= 0.3 is 0 Å². The van der Waals surface area contributed by atoms with Crippen LogP contribution < -0.4 is 10.0 Å². The molecular formula is C20H23N3O4S2. The Morgan fingerprint density at radius 1 is 1.00 bits per heavy atom. The molecule has 0 bridgehead atoms. The maximum atomic E-state index is 12.5. The van der Waals surface area contributed by atoms with E-state index in [1.54, 1.807) is 24.3 Å². The average molecular weight is 434 g/mol. The lowest BCUT2D eigenvalue weighted by molar-refractivity contribution is -0.114. The summed E-state index contributed by atoms with van der Waals surface area (Å²) in [5, 5.41) is 2.59. The summed E-state index contributed by atoms with van der Waals surface area (Å²) < 4.78 is 27.5. The van der Waals surface area contributed by atoms with Gasteiger partial charge in [0, 0.05) is 49.3 Å². The van der Waals surface area contributed by atoms with E-state index >= 15 is 0 Å². The first-order chi connectivity index (χ1) is 13.8. The Hall–Kier alpha value is -2.36. The lowest BCUT2D eigenvalue weighted by Crippen LogP contribution is -2.37. The van der Waals surface area contributed by atoms with Crippen LogP contribution in [-0.4, -0.2) is 49.7 Å². The molecule has 2 aromatic carbocycles. The zero-order chi connectivity index (χ0) is 20.9. The number of thioether (sulfide) groups is 1. The van der Waals surface area contributed by atoms with Gasteiger partial charge < -0.3 is 10.2 Å². The second kappa shape index (κ2) is 9.43. The average Bonchev–Trinajstić information content (AvgIpc) is 2.73. The van der Waals surface area contributed by atoms with Crippen molar-refractivity contribution < 1.29 is 18.0 Å². The number of anilines is 1. The van der Waals surface area contributed by atoms with Crippen LogP contribution in [0.25, 0.3) is 0 Å². The van der Waals surface area contributed by atoms with E-state index in [1.165, 1.54) is 31.2 Å². The summed E-state index contributed by atoms with van der Waals surface area (Å²) >= 11 is 1.85. The fourth-order valence-corrected chi connectivity index (χ4v) is 4.82. The van der Waals surface area contributed by atoms with Crippen molar-refractivity contribution in [2.75, 3.05) is 29.9 Å². The highest BCUT2D eigenvalue weighted by Gasteiger charge is 2.18. The molecule has 0 saturated carbocycles. The molecule has 0 unspecified atom stereocenters. The third-order valence-corrected chi connectivity index (χ3v) is 6.81. The molecule has 0 atom stereocenters. The molecule has 1 fully saturated rings. The number of amides is 2. The number of rotatable bonds is 6. The van der Waals surface area contributed by atoms with Crippen molar-refractivity contribution in [1.82, 2.24) is 9.62 Å². The Morgan fingerprint density at radius 2 is 1.62 bits per heavy atom. The lowest BCUT2D eigenvalue weighted by atomic mass is 10.1. The van der Waals surface area contributed by atoms with E-state index in [0.29, 0.717) is 11.3 Å². The fraction of sp³-hybridized carbons (Fsp3) is 0.300. The zero-order valence-electron chi connectivity index (χ0n) is 16.1. The number of benzene rings is 2. The van der Waals surface area contributed by atoms with Crippen LogP contribution in [0.2, 0.25) is 0 Å². The van der Waals surface area contributed by atoms with Gasteiger partial charge in [-0.3, -0.25) is 9.59 Å². The van der Waals surface area contributed by atoms with E-state index in [2.05, 4.69) is 10.0 Å². The number of nitrogens with zero attached hydrogens (tertiary/aromatic N) is 1. The molecule has 2 amide bonds. The molecule has 0 aliphatic carbocycles. The molecule has 1 saturated heterocycles. The third kappa shape index (κ3) is 5.81. The van der Waals surface area contributed by atoms with Crippen molar-refractivity contribution in [3.8, 4) is 0 Å². The maximum Gasteiger partial charge on any atom is 0.253 e. The van der Waals surface area contributed by atoms with Crippen LogP contribution >= 0.6 is 11.8 Å². The van der Waals surface area contributed by atoms with E-state index < -0.39 is 10.0 Å². The molecule has 29 heavy (non-hydrogen) atoms. The van der Waals surface area contributed by atoms with Crippen molar-refractivity contribution in [1.29, 1.82) is 0 Å². The summed E-state index contributed by atoms with van der Waals surface area (Å²) in [6.07, 6.45) is 0. The van der Waals surface area contributed by atoms with Gasteiger partial charge in [0.05, 0.1) is 4.90 Å². The largest absolute Gasteiger partial charge is 0.337 e. The minimum atomic E-state index is -3.69. The number of carbonyl (C=O) groups excluding carboxylic acids is 2. The van der Waals surface area contributed by atoms with Crippen LogP contribution in [0.15, 0.2) is 53.4 Å². The highest BCUT2D eigenvalue weighted by Crippen LogP contribution is 2.16. The summed E-state index contributed by atoms with van der Waals surface area (Å²) in [6, 6.07) is 12.9. The SMILES string of the molecule is CC(=O)Nc1ccc(S(=O)(=O)NCc2ccc(C(=O)N3CCSCC3)cc2)cc1. The van der Waals surface area contributed by atoms with E-state index in [0.717, 1.165) is 30.2 Å². The summed E-state index contributed by atoms with van der Waals surface area (Å²) in [7, 11) is -3.69. The molecule has 1 heterocycles. The fourth-order valence-electron chi connectivity index (χ4n) is 2.90. The predicted octanol–water partition coefficient (Wildman–Crippen LogP) is 2.31. The van der Waals surface area contributed by atoms with Crippen molar-refractivity contribution in [3.05, 3.63) is 59.7 Å². The first kappa shape index (κ1) is 21.4. The van der Waals surface area contributed by atoms with E-state index in [-0.39, 0.29) is 23.3 Å². The van der Waals surface area contributed by atoms with Crippen LogP contribution in [0.4, 0.5) is 5.69 Å².